The van der Waals surface area contributed by atoms with Gasteiger partial charge in [0.05, 0.1) is 13.7 Å². The minimum absolute atomic E-state index is 0.125. The number of ketones is 1. The molecule has 4 aromatic carbocycles. The largest absolute Gasteiger partial charge is 0.494 e. The fourth-order valence-electron chi connectivity index (χ4n) is 6.36. The molecule has 250 valence electrons. The molecule has 0 aliphatic heterocycles. The van der Waals surface area contributed by atoms with Crippen molar-refractivity contribution in [3.05, 3.63) is 131 Å². The minimum Gasteiger partial charge on any atom is -0.494 e. The first-order chi connectivity index (χ1) is 23.5. The Bertz CT molecular complexity index is 1600. The summed E-state index contributed by atoms with van der Waals surface area (Å²) in [5.41, 5.74) is 3.68. The Morgan fingerprint density at radius 2 is 1.48 bits per heavy atom. The smallest absolute Gasteiger partial charge is 0.328 e. The highest BCUT2D eigenvalue weighted by Crippen LogP contribution is 2.29. The first-order valence-electron chi connectivity index (χ1n) is 17.1. The average Bonchev–Trinajstić information content (AvgIpc) is 3.66. The van der Waals surface area contributed by atoms with Crippen LogP contribution in [0.15, 0.2) is 109 Å². The van der Waals surface area contributed by atoms with Gasteiger partial charge in [-0.1, -0.05) is 111 Å². The molecule has 1 atom stereocenters. The number of hydrogen-bond acceptors (Lipinski definition) is 6. The Morgan fingerprint density at radius 1 is 0.812 bits per heavy atom. The number of nitrogens with zero attached hydrogens (tertiary/aromatic N) is 1. The van der Waals surface area contributed by atoms with E-state index in [0.29, 0.717) is 55.3 Å². The van der Waals surface area contributed by atoms with Crippen LogP contribution in [0.5, 0.6) is 5.75 Å². The first-order valence-corrected chi connectivity index (χ1v) is 17.1. The summed E-state index contributed by atoms with van der Waals surface area (Å²) in [6.07, 6.45) is 7.76. The van der Waals surface area contributed by atoms with Crippen LogP contribution in [-0.4, -0.2) is 48.9 Å². The SMILES string of the molecule is COC(=O)C(Cc1ccc(OCCCN(Cc2ccccc2)C(=O)CCC2CCCC2)cc1)Nc1ccccc1C(=O)c1ccccc1. The minimum atomic E-state index is -0.701. The van der Waals surface area contributed by atoms with E-state index in [1.165, 1.54) is 32.8 Å². The van der Waals surface area contributed by atoms with Gasteiger partial charge in [0, 0.05) is 42.7 Å². The van der Waals surface area contributed by atoms with Gasteiger partial charge >= 0.3 is 5.97 Å². The van der Waals surface area contributed by atoms with Crippen molar-refractivity contribution in [2.75, 3.05) is 25.6 Å². The lowest BCUT2D eigenvalue weighted by molar-refractivity contribution is -0.141. The lowest BCUT2D eigenvalue weighted by Gasteiger charge is -2.24. The van der Waals surface area contributed by atoms with Crippen LogP contribution < -0.4 is 10.1 Å². The van der Waals surface area contributed by atoms with Gasteiger partial charge in [0.1, 0.15) is 11.8 Å². The Balaban J connectivity index is 1.15. The summed E-state index contributed by atoms with van der Waals surface area (Å²) in [6, 6.07) is 33.4. The number of carbonyl (C=O) groups excluding carboxylic acids is 3. The molecular weight excluding hydrogens is 600 g/mol. The van der Waals surface area contributed by atoms with Gasteiger partial charge < -0.3 is 19.7 Å². The van der Waals surface area contributed by atoms with E-state index < -0.39 is 12.0 Å². The van der Waals surface area contributed by atoms with Crippen molar-refractivity contribution in [1.29, 1.82) is 0 Å². The van der Waals surface area contributed by atoms with E-state index in [4.69, 9.17) is 9.47 Å². The Labute approximate surface area is 284 Å². The second kappa shape index (κ2) is 17.9. The number of para-hydroxylation sites is 1. The molecule has 0 radical (unpaired) electrons. The van der Waals surface area contributed by atoms with Crippen molar-refractivity contribution >= 4 is 23.3 Å². The Kier molecular flexibility index (Phi) is 12.8. The van der Waals surface area contributed by atoms with Gasteiger partial charge in [0.15, 0.2) is 5.78 Å². The van der Waals surface area contributed by atoms with E-state index in [1.54, 1.807) is 24.3 Å². The van der Waals surface area contributed by atoms with Crippen molar-refractivity contribution in [2.24, 2.45) is 5.92 Å². The van der Waals surface area contributed by atoms with Crippen LogP contribution in [0.2, 0.25) is 0 Å². The van der Waals surface area contributed by atoms with Crippen molar-refractivity contribution < 1.29 is 23.9 Å². The fraction of sp³-hybridized carbons (Fsp3) is 0.341. The highest BCUT2D eigenvalue weighted by Gasteiger charge is 2.23. The maximum Gasteiger partial charge on any atom is 0.328 e. The third kappa shape index (κ3) is 10.0. The zero-order valence-corrected chi connectivity index (χ0v) is 27.8. The van der Waals surface area contributed by atoms with Crippen molar-refractivity contribution in [3.63, 3.8) is 0 Å². The molecule has 0 heterocycles. The van der Waals surface area contributed by atoms with E-state index >= 15 is 0 Å². The highest BCUT2D eigenvalue weighted by atomic mass is 16.5. The molecule has 7 nitrogen and oxygen atoms in total. The molecule has 7 heteroatoms. The summed E-state index contributed by atoms with van der Waals surface area (Å²) in [5, 5.41) is 3.26. The Hall–Kier alpha value is -4.91. The second-order valence-electron chi connectivity index (χ2n) is 12.5. The van der Waals surface area contributed by atoms with E-state index in [9.17, 15) is 14.4 Å². The van der Waals surface area contributed by atoms with E-state index in [1.807, 2.05) is 77.7 Å². The molecule has 48 heavy (non-hydrogen) atoms. The molecule has 0 spiro atoms. The molecule has 5 rings (SSSR count). The quantitative estimate of drug-likeness (QED) is 0.0714. The second-order valence-corrected chi connectivity index (χ2v) is 12.5. The number of amides is 1. The number of hydrogen-bond donors (Lipinski definition) is 1. The number of carbonyl (C=O) groups is 3. The molecule has 0 saturated heterocycles. The molecule has 0 aromatic heterocycles. The molecule has 1 saturated carbocycles. The maximum absolute atomic E-state index is 13.2. The monoisotopic (exact) mass is 646 g/mol. The maximum atomic E-state index is 13.2. The van der Waals surface area contributed by atoms with E-state index in [-0.39, 0.29) is 11.7 Å². The summed E-state index contributed by atoms with van der Waals surface area (Å²) in [7, 11) is 1.36. The molecule has 1 fully saturated rings. The van der Waals surface area contributed by atoms with Crippen LogP contribution in [-0.2, 0) is 27.3 Å². The van der Waals surface area contributed by atoms with Gasteiger partial charge in [0.25, 0.3) is 0 Å². The van der Waals surface area contributed by atoms with Crippen LogP contribution in [0, 0.1) is 5.92 Å². The Morgan fingerprint density at radius 3 is 2.19 bits per heavy atom. The van der Waals surface area contributed by atoms with Crippen LogP contribution >= 0.6 is 0 Å². The molecule has 1 N–H and O–H groups in total. The van der Waals surface area contributed by atoms with Gasteiger partial charge in [-0.15, -0.1) is 0 Å². The zero-order chi connectivity index (χ0) is 33.6. The fourth-order valence-corrected chi connectivity index (χ4v) is 6.36. The highest BCUT2D eigenvalue weighted by molar-refractivity contribution is 6.12. The number of benzene rings is 4. The number of anilines is 1. The summed E-state index contributed by atoms with van der Waals surface area (Å²) < 4.78 is 11.2. The first kappa shape index (κ1) is 34.4. The number of ether oxygens (including phenoxy) is 2. The normalized spacial score (nSPS) is 13.4. The topological polar surface area (TPSA) is 84.9 Å². The van der Waals surface area contributed by atoms with Crippen LogP contribution in [0.25, 0.3) is 0 Å². The standard InChI is InChI=1S/C41H46N2O5/c1-47-41(46)38(42-37-20-11-10-19-36(37)40(45)34-17-6-3-7-18-34)29-32-21-24-35(25-22-32)48-28-12-27-43(30-33-15-4-2-5-16-33)39(44)26-23-31-13-8-9-14-31/h2-7,10-11,15-22,24-25,31,38,42H,8-9,12-14,23,26-30H2,1H3. The van der Waals surface area contributed by atoms with Gasteiger partial charge in [-0.25, -0.2) is 4.79 Å². The third-order valence-electron chi connectivity index (χ3n) is 9.04. The molecule has 4 aromatic rings. The molecular formula is C41H46N2O5. The summed E-state index contributed by atoms with van der Waals surface area (Å²) in [4.78, 5) is 41.3. The zero-order valence-electron chi connectivity index (χ0n) is 27.8. The van der Waals surface area contributed by atoms with Crippen molar-refractivity contribution in [3.8, 4) is 5.75 Å². The predicted octanol–water partition coefficient (Wildman–Crippen LogP) is 7.88. The summed E-state index contributed by atoms with van der Waals surface area (Å²) >= 11 is 0. The molecule has 1 unspecified atom stereocenters. The molecule has 0 bridgehead atoms. The number of nitrogens with one attached hydrogen (secondary N) is 1. The number of methoxy groups -OCH3 is 1. The van der Waals surface area contributed by atoms with Gasteiger partial charge in [0.2, 0.25) is 5.91 Å². The van der Waals surface area contributed by atoms with Gasteiger partial charge in [-0.3, -0.25) is 9.59 Å². The van der Waals surface area contributed by atoms with Crippen molar-refractivity contribution in [1.82, 2.24) is 4.90 Å². The van der Waals surface area contributed by atoms with Crippen LogP contribution in [0.3, 0.4) is 0 Å². The lowest BCUT2D eigenvalue weighted by Crippen LogP contribution is -2.33. The number of esters is 1. The van der Waals surface area contributed by atoms with E-state index in [2.05, 4.69) is 17.4 Å². The van der Waals surface area contributed by atoms with Gasteiger partial charge in [-0.2, -0.15) is 0 Å². The summed E-state index contributed by atoms with van der Waals surface area (Å²) in [5.74, 6) is 1.09. The van der Waals surface area contributed by atoms with Crippen LogP contribution in [0.4, 0.5) is 5.69 Å². The lowest BCUT2D eigenvalue weighted by atomic mass is 10.00. The van der Waals surface area contributed by atoms with Crippen LogP contribution in [0.1, 0.15) is 72.0 Å². The van der Waals surface area contributed by atoms with Crippen molar-refractivity contribution in [2.45, 2.75) is 64.0 Å². The molecule has 1 aliphatic carbocycles. The third-order valence-corrected chi connectivity index (χ3v) is 9.04. The molecule has 1 amide bonds. The summed E-state index contributed by atoms with van der Waals surface area (Å²) in [6.45, 7) is 1.73. The predicted molar refractivity (Wildman–Crippen MR) is 189 cm³/mol. The van der Waals surface area contributed by atoms with E-state index in [0.717, 1.165) is 29.7 Å². The molecule has 1 aliphatic rings. The number of rotatable bonds is 17. The average molecular weight is 647 g/mol. The van der Waals surface area contributed by atoms with Gasteiger partial charge in [-0.05, 0) is 54.2 Å².